The van der Waals surface area contributed by atoms with Gasteiger partial charge >= 0.3 is 6.03 Å². The van der Waals surface area contributed by atoms with Crippen molar-refractivity contribution >= 4 is 23.7 Å². The summed E-state index contributed by atoms with van der Waals surface area (Å²) in [7, 11) is 0. The zero-order valence-electron chi connectivity index (χ0n) is 9.78. The minimum Gasteiger partial charge on any atom is -0.322 e. The number of carbonyl (C=O) groups is 2. The lowest BCUT2D eigenvalue weighted by Crippen LogP contribution is -2.47. The Bertz CT molecular complexity index is 311. The second-order valence-electron chi connectivity index (χ2n) is 4.95. The number of rotatable bonds is 3. The van der Waals surface area contributed by atoms with E-state index in [0.29, 0.717) is 12.5 Å². The summed E-state index contributed by atoms with van der Waals surface area (Å²) in [6, 6.07) is -0.201. The molecule has 16 heavy (non-hydrogen) atoms. The molecule has 0 unspecified atom stereocenters. The number of urea groups is 1. The molecule has 0 bridgehead atoms. The summed E-state index contributed by atoms with van der Waals surface area (Å²) < 4.78 is 0. The van der Waals surface area contributed by atoms with E-state index in [1.165, 1.54) is 4.90 Å². The first-order valence-corrected chi connectivity index (χ1v) is 6.92. The zero-order chi connectivity index (χ0) is 11.8. The number of nitrogens with one attached hydrogen (secondary N) is 1. The lowest BCUT2D eigenvalue weighted by molar-refractivity contribution is -0.130. The van der Waals surface area contributed by atoms with Gasteiger partial charge in [0.2, 0.25) is 0 Å². The van der Waals surface area contributed by atoms with E-state index in [1.807, 2.05) is 0 Å². The van der Waals surface area contributed by atoms with Crippen LogP contribution in [0, 0.1) is 5.92 Å². The van der Waals surface area contributed by atoms with E-state index in [4.69, 9.17) is 0 Å². The van der Waals surface area contributed by atoms with Crippen molar-refractivity contribution in [2.24, 2.45) is 5.92 Å². The van der Waals surface area contributed by atoms with Gasteiger partial charge in [0, 0.05) is 12.3 Å². The predicted octanol–water partition coefficient (Wildman–Crippen LogP) is 1.46. The number of thioether (sulfide) groups is 1. The molecule has 90 valence electrons. The van der Waals surface area contributed by atoms with Crippen molar-refractivity contribution in [2.75, 3.05) is 18.1 Å². The van der Waals surface area contributed by atoms with E-state index in [-0.39, 0.29) is 11.9 Å². The van der Waals surface area contributed by atoms with Gasteiger partial charge in [-0.15, -0.1) is 0 Å². The molecule has 0 saturated carbocycles. The van der Waals surface area contributed by atoms with Crippen LogP contribution in [0.4, 0.5) is 4.79 Å². The van der Waals surface area contributed by atoms with Gasteiger partial charge in [-0.05, 0) is 24.5 Å². The summed E-state index contributed by atoms with van der Waals surface area (Å²) in [6.07, 6.45) is 1.66. The molecule has 2 fully saturated rings. The summed E-state index contributed by atoms with van der Waals surface area (Å²) in [6.45, 7) is 4.74. The normalized spacial score (nSPS) is 29.6. The maximum Gasteiger partial charge on any atom is 0.325 e. The van der Waals surface area contributed by atoms with Gasteiger partial charge in [0.1, 0.15) is 5.54 Å². The molecular weight excluding hydrogens is 224 g/mol. The van der Waals surface area contributed by atoms with E-state index >= 15 is 0 Å². The Kier molecular flexibility index (Phi) is 3.15. The highest BCUT2D eigenvalue weighted by molar-refractivity contribution is 7.99. The van der Waals surface area contributed by atoms with Gasteiger partial charge in [0.05, 0.1) is 0 Å². The Balaban J connectivity index is 2.05. The van der Waals surface area contributed by atoms with Crippen molar-refractivity contribution in [1.82, 2.24) is 10.2 Å². The van der Waals surface area contributed by atoms with Crippen LogP contribution >= 0.6 is 11.8 Å². The van der Waals surface area contributed by atoms with E-state index < -0.39 is 5.54 Å². The molecule has 0 aliphatic carbocycles. The smallest absolute Gasteiger partial charge is 0.322 e. The van der Waals surface area contributed by atoms with Crippen molar-refractivity contribution in [3.05, 3.63) is 0 Å². The maximum absolute atomic E-state index is 12.2. The average Bonchev–Trinajstić information content (AvgIpc) is 2.74. The zero-order valence-corrected chi connectivity index (χ0v) is 10.6. The van der Waals surface area contributed by atoms with Crippen LogP contribution in [0.25, 0.3) is 0 Å². The van der Waals surface area contributed by atoms with Gasteiger partial charge in [-0.25, -0.2) is 4.79 Å². The highest BCUT2D eigenvalue weighted by atomic mass is 32.2. The third kappa shape index (κ3) is 1.93. The average molecular weight is 242 g/mol. The summed E-state index contributed by atoms with van der Waals surface area (Å²) in [5.74, 6) is 2.19. The van der Waals surface area contributed by atoms with E-state index in [0.717, 1.165) is 24.3 Å². The molecule has 3 amide bonds. The number of carbonyl (C=O) groups excluding carboxylic acids is 2. The van der Waals surface area contributed by atoms with Crippen molar-refractivity contribution in [3.63, 3.8) is 0 Å². The lowest BCUT2D eigenvalue weighted by Gasteiger charge is -2.19. The van der Waals surface area contributed by atoms with Crippen LogP contribution in [0.3, 0.4) is 0 Å². The van der Waals surface area contributed by atoms with Crippen LogP contribution in [-0.2, 0) is 4.79 Å². The number of hydrogen-bond donors (Lipinski definition) is 1. The minimum atomic E-state index is -0.571. The first kappa shape index (κ1) is 11.8. The van der Waals surface area contributed by atoms with Crippen molar-refractivity contribution in [2.45, 2.75) is 32.2 Å². The molecule has 1 N–H and O–H groups in total. The summed E-state index contributed by atoms with van der Waals surface area (Å²) in [5.41, 5.74) is -0.571. The molecule has 0 aromatic heterocycles. The van der Waals surface area contributed by atoms with Crippen LogP contribution in [0.2, 0.25) is 0 Å². The number of nitrogens with zero attached hydrogens (tertiary/aromatic N) is 1. The Morgan fingerprint density at radius 2 is 2.25 bits per heavy atom. The Morgan fingerprint density at radius 1 is 1.50 bits per heavy atom. The quantitative estimate of drug-likeness (QED) is 0.762. The molecule has 0 radical (unpaired) electrons. The largest absolute Gasteiger partial charge is 0.325 e. The SMILES string of the molecule is CC(C)CCN1C(=O)N[C@]2(CCSC2)C1=O. The molecule has 2 saturated heterocycles. The van der Waals surface area contributed by atoms with Gasteiger partial charge in [-0.2, -0.15) is 11.8 Å². The molecule has 0 aromatic rings. The van der Waals surface area contributed by atoms with Crippen molar-refractivity contribution in [1.29, 1.82) is 0 Å². The van der Waals surface area contributed by atoms with Crippen LogP contribution in [0.1, 0.15) is 26.7 Å². The van der Waals surface area contributed by atoms with Gasteiger partial charge in [0.25, 0.3) is 5.91 Å². The number of amides is 3. The second-order valence-corrected chi connectivity index (χ2v) is 6.06. The topological polar surface area (TPSA) is 49.4 Å². The summed E-state index contributed by atoms with van der Waals surface area (Å²) in [4.78, 5) is 25.3. The monoisotopic (exact) mass is 242 g/mol. The predicted molar refractivity (Wildman–Crippen MR) is 64.4 cm³/mol. The van der Waals surface area contributed by atoms with Gasteiger partial charge in [-0.1, -0.05) is 13.8 Å². The van der Waals surface area contributed by atoms with Gasteiger partial charge in [-0.3, -0.25) is 9.69 Å². The fourth-order valence-electron chi connectivity index (χ4n) is 2.10. The second kappa shape index (κ2) is 4.28. The standard InChI is InChI=1S/C11H18N2O2S/c1-8(2)3-5-13-9(14)11(12-10(13)15)4-6-16-7-11/h8H,3-7H2,1-2H3,(H,12,15)/t11-/m0/s1. The molecule has 5 heteroatoms. The van der Waals surface area contributed by atoms with Crippen LogP contribution in [0.5, 0.6) is 0 Å². The van der Waals surface area contributed by atoms with E-state index in [2.05, 4.69) is 19.2 Å². The highest BCUT2D eigenvalue weighted by Crippen LogP contribution is 2.33. The van der Waals surface area contributed by atoms with E-state index in [9.17, 15) is 9.59 Å². The summed E-state index contributed by atoms with van der Waals surface area (Å²) >= 11 is 1.74. The third-order valence-corrected chi connectivity index (χ3v) is 4.39. The van der Waals surface area contributed by atoms with Crippen LogP contribution in [0.15, 0.2) is 0 Å². The molecule has 2 aliphatic heterocycles. The third-order valence-electron chi connectivity index (χ3n) is 3.20. The van der Waals surface area contributed by atoms with Gasteiger partial charge in [0.15, 0.2) is 0 Å². The first-order chi connectivity index (χ1) is 7.55. The fourth-order valence-corrected chi connectivity index (χ4v) is 3.42. The first-order valence-electron chi connectivity index (χ1n) is 5.77. The molecule has 2 rings (SSSR count). The molecular formula is C11H18N2O2S. The van der Waals surface area contributed by atoms with E-state index in [1.54, 1.807) is 11.8 Å². The Hall–Kier alpha value is -0.710. The van der Waals surface area contributed by atoms with Gasteiger partial charge < -0.3 is 5.32 Å². The molecule has 1 atom stereocenters. The molecule has 2 heterocycles. The Morgan fingerprint density at radius 3 is 2.81 bits per heavy atom. The molecule has 4 nitrogen and oxygen atoms in total. The molecule has 2 aliphatic rings. The Labute approximate surface area is 100 Å². The number of hydrogen-bond acceptors (Lipinski definition) is 3. The van der Waals surface area contributed by atoms with Crippen LogP contribution < -0.4 is 5.32 Å². The fraction of sp³-hybridized carbons (Fsp3) is 0.818. The minimum absolute atomic E-state index is 0.0110. The number of imide groups is 1. The van der Waals surface area contributed by atoms with Crippen molar-refractivity contribution < 1.29 is 9.59 Å². The highest BCUT2D eigenvalue weighted by Gasteiger charge is 2.52. The summed E-state index contributed by atoms with van der Waals surface area (Å²) in [5, 5.41) is 2.87. The van der Waals surface area contributed by atoms with Crippen molar-refractivity contribution in [3.8, 4) is 0 Å². The molecule has 1 spiro atoms. The maximum atomic E-state index is 12.2. The lowest BCUT2D eigenvalue weighted by atomic mass is 9.99. The molecule has 0 aromatic carbocycles. The van der Waals surface area contributed by atoms with Crippen LogP contribution in [-0.4, -0.2) is 40.4 Å².